The lowest BCUT2D eigenvalue weighted by Gasteiger charge is -2.29. The van der Waals surface area contributed by atoms with E-state index in [2.05, 4.69) is 15.0 Å². The zero-order valence-electron chi connectivity index (χ0n) is 11.9. The molecule has 0 aliphatic carbocycles. The zero-order valence-corrected chi connectivity index (χ0v) is 12.7. The van der Waals surface area contributed by atoms with Gasteiger partial charge >= 0.3 is 0 Å². The van der Waals surface area contributed by atoms with Crippen molar-refractivity contribution in [2.45, 2.75) is 23.8 Å². The largest absolute Gasteiger partial charge is 0.378 e. The molecule has 1 amide bonds. The second-order valence-corrected chi connectivity index (χ2v) is 6.06. The molecule has 0 unspecified atom stereocenters. The number of aromatic amines is 1. The van der Waals surface area contributed by atoms with Gasteiger partial charge in [-0.25, -0.2) is 9.97 Å². The summed E-state index contributed by atoms with van der Waals surface area (Å²) in [4.78, 5) is 26.3. The molecule has 0 radical (unpaired) electrons. The number of hydrogen-bond donors (Lipinski definition) is 1. The van der Waals surface area contributed by atoms with Crippen LogP contribution in [-0.2, 0) is 9.53 Å². The van der Waals surface area contributed by atoms with E-state index in [0.29, 0.717) is 32.0 Å². The van der Waals surface area contributed by atoms with Crippen LogP contribution in [0, 0.1) is 0 Å². The number of nitrogens with zero attached hydrogens (tertiary/aromatic N) is 3. The SMILES string of the molecule is CC[C@@H](Sc1nc2ncccc2[nH]1)C(=O)N1CCOCC1. The minimum atomic E-state index is -0.122. The van der Waals surface area contributed by atoms with E-state index in [1.807, 2.05) is 24.0 Å². The van der Waals surface area contributed by atoms with E-state index in [4.69, 9.17) is 4.74 Å². The van der Waals surface area contributed by atoms with Crippen LogP contribution < -0.4 is 0 Å². The lowest BCUT2D eigenvalue weighted by molar-refractivity contribution is -0.134. The number of ether oxygens (including phenoxy) is 1. The van der Waals surface area contributed by atoms with E-state index in [-0.39, 0.29) is 11.2 Å². The topological polar surface area (TPSA) is 71.1 Å². The van der Waals surface area contributed by atoms with E-state index in [1.165, 1.54) is 11.8 Å². The standard InChI is InChI=1S/C14H18N4O2S/c1-2-11(13(19)18-6-8-20-9-7-18)21-14-16-10-4-3-5-15-12(10)17-14/h3-5,11H,2,6-9H2,1H3,(H,15,16,17)/t11-/m1/s1. The van der Waals surface area contributed by atoms with Crippen LogP contribution in [0.2, 0.25) is 0 Å². The molecule has 1 aliphatic heterocycles. The highest BCUT2D eigenvalue weighted by Gasteiger charge is 2.26. The van der Waals surface area contributed by atoms with Crippen molar-refractivity contribution in [1.82, 2.24) is 19.9 Å². The summed E-state index contributed by atoms with van der Waals surface area (Å²) >= 11 is 1.48. The number of thioether (sulfide) groups is 1. The molecule has 0 saturated carbocycles. The second kappa shape index (κ2) is 6.44. The van der Waals surface area contributed by atoms with Crippen molar-refractivity contribution < 1.29 is 9.53 Å². The Hall–Kier alpha value is -1.60. The maximum Gasteiger partial charge on any atom is 0.236 e. The van der Waals surface area contributed by atoms with E-state index >= 15 is 0 Å². The summed E-state index contributed by atoms with van der Waals surface area (Å²) in [7, 11) is 0. The number of rotatable bonds is 4. The van der Waals surface area contributed by atoms with E-state index < -0.39 is 0 Å². The monoisotopic (exact) mass is 306 g/mol. The third kappa shape index (κ3) is 3.19. The molecule has 112 valence electrons. The van der Waals surface area contributed by atoms with Gasteiger partial charge in [0.15, 0.2) is 10.8 Å². The lowest BCUT2D eigenvalue weighted by Crippen LogP contribution is -2.44. The van der Waals surface area contributed by atoms with Gasteiger partial charge < -0.3 is 14.6 Å². The van der Waals surface area contributed by atoms with Crippen LogP contribution in [0.3, 0.4) is 0 Å². The number of carbonyl (C=O) groups excluding carboxylic acids is 1. The number of imidazole rings is 1. The van der Waals surface area contributed by atoms with Gasteiger partial charge in [0.2, 0.25) is 5.91 Å². The van der Waals surface area contributed by atoms with Crippen LogP contribution in [0.4, 0.5) is 0 Å². The molecule has 1 N–H and O–H groups in total. The highest BCUT2D eigenvalue weighted by Crippen LogP contribution is 2.26. The molecule has 6 nitrogen and oxygen atoms in total. The third-order valence-corrected chi connectivity index (χ3v) is 4.69. The first-order valence-corrected chi connectivity index (χ1v) is 8.00. The predicted octanol–water partition coefficient (Wildman–Crippen LogP) is 1.69. The van der Waals surface area contributed by atoms with Gasteiger partial charge in [-0.1, -0.05) is 18.7 Å². The average molecular weight is 306 g/mol. The molecule has 3 rings (SSSR count). The molecule has 2 aromatic heterocycles. The highest BCUT2D eigenvalue weighted by molar-refractivity contribution is 8.00. The zero-order chi connectivity index (χ0) is 14.7. The number of H-pyrrole nitrogens is 1. The van der Waals surface area contributed by atoms with Crippen LogP contribution >= 0.6 is 11.8 Å². The first kappa shape index (κ1) is 14.3. The van der Waals surface area contributed by atoms with Crippen molar-refractivity contribution in [2.75, 3.05) is 26.3 Å². The van der Waals surface area contributed by atoms with Gasteiger partial charge in [-0.3, -0.25) is 4.79 Å². The van der Waals surface area contributed by atoms with Gasteiger partial charge in [0, 0.05) is 19.3 Å². The molecular formula is C14H18N4O2S. The van der Waals surface area contributed by atoms with Gasteiger partial charge in [-0.2, -0.15) is 0 Å². The molecule has 1 saturated heterocycles. The summed E-state index contributed by atoms with van der Waals surface area (Å²) < 4.78 is 5.29. The van der Waals surface area contributed by atoms with Gasteiger partial charge in [-0.15, -0.1) is 0 Å². The van der Waals surface area contributed by atoms with Crippen molar-refractivity contribution in [3.8, 4) is 0 Å². The second-order valence-electron chi connectivity index (χ2n) is 4.87. The van der Waals surface area contributed by atoms with Crippen molar-refractivity contribution in [1.29, 1.82) is 0 Å². The van der Waals surface area contributed by atoms with Crippen LogP contribution in [0.25, 0.3) is 11.2 Å². The lowest BCUT2D eigenvalue weighted by atomic mass is 10.2. The summed E-state index contributed by atoms with van der Waals surface area (Å²) in [6.45, 7) is 4.63. The predicted molar refractivity (Wildman–Crippen MR) is 81.2 cm³/mol. The summed E-state index contributed by atoms with van der Waals surface area (Å²) in [5.41, 5.74) is 1.59. The van der Waals surface area contributed by atoms with Crippen molar-refractivity contribution in [2.24, 2.45) is 0 Å². The molecule has 0 aromatic carbocycles. The fourth-order valence-corrected chi connectivity index (χ4v) is 3.30. The van der Waals surface area contributed by atoms with E-state index in [0.717, 1.165) is 17.1 Å². The first-order chi connectivity index (χ1) is 10.3. The molecular weight excluding hydrogens is 288 g/mol. The Morgan fingerprint density at radius 3 is 3.05 bits per heavy atom. The molecule has 7 heteroatoms. The maximum absolute atomic E-state index is 12.5. The van der Waals surface area contributed by atoms with E-state index in [9.17, 15) is 4.79 Å². The molecule has 1 fully saturated rings. The Bertz CT molecular complexity index is 591. The van der Waals surface area contributed by atoms with Gasteiger partial charge in [0.1, 0.15) is 0 Å². The van der Waals surface area contributed by atoms with E-state index in [1.54, 1.807) is 6.20 Å². The van der Waals surface area contributed by atoms with Gasteiger partial charge in [0.25, 0.3) is 0 Å². The number of amides is 1. The van der Waals surface area contributed by atoms with Gasteiger partial charge in [0.05, 0.1) is 24.0 Å². The Morgan fingerprint density at radius 1 is 1.52 bits per heavy atom. The molecule has 2 aromatic rings. The molecule has 1 aliphatic rings. The van der Waals surface area contributed by atoms with Crippen molar-refractivity contribution in [3.05, 3.63) is 18.3 Å². The molecule has 0 spiro atoms. The van der Waals surface area contributed by atoms with Crippen LogP contribution in [0.15, 0.2) is 23.5 Å². The Labute approximate surface area is 127 Å². The minimum Gasteiger partial charge on any atom is -0.378 e. The minimum absolute atomic E-state index is 0.122. The molecule has 3 heterocycles. The number of nitrogens with one attached hydrogen (secondary N) is 1. The van der Waals surface area contributed by atoms with Crippen LogP contribution in [0.1, 0.15) is 13.3 Å². The molecule has 1 atom stereocenters. The van der Waals surface area contributed by atoms with Crippen molar-refractivity contribution >= 4 is 28.8 Å². The third-order valence-electron chi connectivity index (χ3n) is 3.46. The maximum atomic E-state index is 12.5. The fourth-order valence-electron chi connectivity index (χ4n) is 2.31. The number of hydrogen-bond acceptors (Lipinski definition) is 5. The number of morpholine rings is 1. The number of pyridine rings is 1. The number of carbonyl (C=O) groups is 1. The number of fused-ring (bicyclic) bond motifs is 1. The summed E-state index contributed by atoms with van der Waals surface area (Å²) in [6, 6.07) is 3.80. The molecule has 0 bridgehead atoms. The Kier molecular flexibility index (Phi) is 4.40. The summed E-state index contributed by atoms with van der Waals surface area (Å²) in [5, 5.41) is 0.626. The number of aromatic nitrogens is 3. The summed E-state index contributed by atoms with van der Waals surface area (Å²) in [5.74, 6) is 0.166. The normalized spacial score (nSPS) is 17.1. The Morgan fingerprint density at radius 2 is 2.33 bits per heavy atom. The smallest absolute Gasteiger partial charge is 0.236 e. The van der Waals surface area contributed by atoms with Crippen LogP contribution in [0.5, 0.6) is 0 Å². The van der Waals surface area contributed by atoms with Gasteiger partial charge in [-0.05, 0) is 18.6 Å². The highest BCUT2D eigenvalue weighted by atomic mass is 32.2. The van der Waals surface area contributed by atoms with Crippen LogP contribution in [-0.4, -0.2) is 57.3 Å². The quantitative estimate of drug-likeness (QED) is 0.870. The Balaban J connectivity index is 1.72. The summed E-state index contributed by atoms with van der Waals surface area (Å²) in [6.07, 6.45) is 2.49. The fraction of sp³-hybridized carbons (Fsp3) is 0.500. The average Bonchev–Trinajstić information content (AvgIpc) is 2.95. The first-order valence-electron chi connectivity index (χ1n) is 7.12. The van der Waals surface area contributed by atoms with Crippen molar-refractivity contribution in [3.63, 3.8) is 0 Å². The molecule has 21 heavy (non-hydrogen) atoms.